The van der Waals surface area contributed by atoms with Crippen LogP contribution < -0.4 is 15.4 Å². The van der Waals surface area contributed by atoms with Crippen molar-refractivity contribution in [3.8, 4) is 5.75 Å². The van der Waals surface area contributed by atoms with Gasteiger partial charge in [-0.3, -0.25) is 0 Å². The maximum atomic E-state index is 5.57. The highest BCUT2D eigenvalue weighted by Gasteiger charge is 2.17. The van der Waals surface area contributed by atoms with Crippen LogP contribution in [0.15, 0.2) is 42.5 Å². The van der Waals surface area contributed by atoms with Crippen molar-refractivity contribution < 1.29 is 4.74 Å². The van der Waals surface area contributed by atoms with E-state index in [9.17, 15) is 0 Å². The Morgan fingerprint density at radius 1 is 1.00 bits per heavy atom. The molecule has 0 aromatic heterocycles. The molecule has 2 N–H and O–H groups in total. The Morgan fingerprint density at radius 3 is 2.45 bits per heavy atom. The molecule has 0 amide bonds. The number of benzene rings is 2. The van der Waals surface area contributed by atoms with Gasteiger partial charge >= 0.3 is 0 Å². The molecule has 1 aliphatic heterocycles. The second-order valence-corrected chi connectivity index (χ2v) is 5.06. The molecule has 1 heterocycles. The molecule has 0 saturated carbocycles. The Balaban J connectivity index is 1.92. The van der Waals surface area contributed by atoms with Gasteiger partial charge in [-0.05, 0) is 41.9 Å². The molecule has 0 aliphatic carbocycles. The number of fused-ring (bicyclic) bond motifs is 1. The van der Waals surface area contributed by atoms with Crippen LogP contribution in [0.3, 0.4) is 0 Å². The standard InChI is InChI=1S/C17H20N2O/c1-18-15-6-3-12(4-7-15)17(19-2)14-5-8-16-13(11-14)9-10-20-16/h3-8,11,17-19H,9-10H2,1-2H3. The zero-order chi connectivity index (χ0) is 13.9. The number of ether oxygens (including phenoxy) is 1. The molecule has 2 aromatic carbocycles. The summed E-state index contributed by atoms with van der Waals surface area (Å²) in [4.78, 5) is 0. The van der Waals surface area contributed by atoms with E-state index in [1.54, 1.807) is 0 Å². The Kier molecular flexibility index (Phi) is 3.61. The number of hydrogen-bond acceptors (Lipinski definition) is 3. The van der Waals surface area contributed by atoms with Crippen molar-refractivity contribution in [2.75, 3.05) is 26.0 Å². The Bertz CT molecular complexity index is 592. The minimum Gasteiger partial charge on any atom is -0.493 e. The molecule has 104 valence electrons. The van der Waals surface area contributed by atoms with E-state index >= 15 is 0 Å². The Morgan fingerprint density at radius 2 is 1.75 bits per heavy atom. The van der Waals surface area contributed by atoms with Crippen molar-refractivity contribution in [3.63, 3.8) is 0 Å². The third kappa shape index (κ3) is 2.37. The van der Waals surface area contributed by atoms with Crippen LogP contribution in [0.4, 0.5) is 5.69 Å². The second-order valence-electron chi connectivity index (χ2n) is 5.06. The van der Waals surface area contributed by atoms with Gasteiger partial charge in [0.15, 0.2) is 0 Å². The van der Waals surface area contributed by atoms with Crippen molar-refractivity contribution in [2.45, 2.75) is 12.5 Å². The van der Waals surface area contributed by atoms with Crippen molar-refractivity contribution in [2.24, 2.45) is 0 Å². The van der Waals surface area contributed by atoms with Crippen molar-refractivity contribution in [1.29, 1.82) is 0 Å². The summed E-state index contributed by atoms with van der Waals surface area (Å²) < 4.78 is 5.57. The highest BCUT2D eigenvalue weighted by Crippen LogP contribution is 2.30. The molecular formula is C17H20N2O. The fourth-order valence-electron chi connectivity index (χ4n) is 2.75. The minimum atomic E-state index is 0.215. The van der Waals surface area contributed by atoms with Crippen LogP contribution in [0.5, 0.6) is 5.75 Å². The molecule has 0 bridgehead atoms. The van der Waals surface area contributed by atoms with E-state index in [1.165, 1.54) is 16.7 Å². The van der Waals surface area contributed by atoms with Crippen molar-refractivity contribution in [3.05, 3.63) is 59.2 Å². The summed E-state index contributed by atoms with van der Waals surface area (Å²) in [6.45, 7) is 0.805. The van der Waals surface area contributed by atoms with Gasteiger partial charge in [-0.25, -0.2) is 0 Å². The Hall–Kier alpha value is -2.00. The third-order valence-corrected chi connectivity index (χ3v) is 3.87. The predicted molar refractivity (Wildman–Crippen MR) is 82.5 cm³/mol. The summed E-state index contributed by atoms with van der Waals surface area (Å²) in [7, 11) is 3.94. The van der Waals surface area contributed by atoms with E-state index in [4.69, 9.17) is 4.74 Å². The predicted octanol–water partition coefficient (Wildman–Crippen LogP) is 2.97. The first kappa shape index (κ1) is 13.0. The van der Waals surface area contributed by atoms with Crippen LogP contribution in [0.1, 0.15) is 22.7 Å². The second kappa shape index (κ2) is 5.55. The molecule has 2 aromatic rings. The van der Waals surface area contributed by atoms with Gasteiger partial charge in [0.1, 0.15) is 5.75 Å². The highest BCUT2D eigenvalue weighted by molar-refractivity contribution is 5.47. The summed E-state index contributed by atoms with van der Waals surface area (Å²) in [5, 5.41) is 6.55. The summed E-state index contributed by atoms with van der Waals surface area (Å²) >= 11 is 0. The normalized spacial score (nSPS) is 14.5. The molecule has 0 saturated heterocycles. The maximum Gasteiger partial charge on any atom is 0.122 e. The Labute approximate surface area is 120 Å². The molecule has 3 heteroatoms. The number of rotatable bonds is 4. The molecule has 1 atom stereocenters. The summed E-state index contributed by atoms with van der Waals surface area (Å²) in [5.41, 5.74) is 5.00. The van der Waals surface area contributed by atoms with Crippen LogP contribution >= 0.6 is 0 Å². The lowest BCUT2D eigenvalue weighted by Gasteiger charge is -2.18. The zero-order valence-corrected chi connectivity index (χ0v) is 11.9. The first-order valence-corrected chi connectivity index (χ1v) is 7.02. The molecule has 1 unspecified atom stereocenters. The third-order valence-electron chi connectivity index (χ3n) is 3.87. The number of anilines is 1. The van der Waals surface area contributed by atoms with Crippen LogP contribution in [-0.2, 0) is 6.42 Å². The van der Waals surface area contributed by atoms with Crippen molar-refractivity contribution in [1.82, 2.24) is 5.32 Å². The monoisotopic (exact) mass is 268 g/mol. The quantitative estimate of drug-likeness (QED) is 0.894. The lowest BCUT2D eigenvalue weighted by Crippen LogP contribution is -2.17. The van der Waals surface area contributed by atoms with Crippen molar-refractivity contribution >= 4 is 5.69 Å². The van der Waals surface area contributed by atoms with Crippen LogP contribution in [0.25, 0.3) is 0 Å². The van der Waals surface area contributed by atoms with E-state index < -0.39 is 0 Å². The SMILES string of the molecule is CNc1ccc(C(NC)c2ccc3c(c2)CCO3)cc1. The fraction of sp³-hybridized carbons (Fsp3) is 0.294. The lowest BCUT2D eigenvalue weighted by molar-refractivity contribution is 0.357. The van der Waals surface area contributed by atoms with Crippen LogP contribution in [0.2, 0.25) is 0 Å². The van der Waals surface area contributed by atoms with E-state index in [0.717, 1.165) is 24.5 Å². The van der Waals surface area contributed by atoms with E-state index in [-0.39, 0.29) is 6.04 Å². The fourth-order valence-corrected chi connectivity index (χ4v) is 2.75. The van der Waals surface area contributed by atoms with Gasteiger partial charge in [0, 0.05) is 19.2 Å². The van der Waals surface area contributed by atoms with E-state index in [1.807, 2.05) is 14.1 Å². The lowest BCUT2D eigenvalue weighted by atomic mass is 9.96. The van der Waals surface area contributed by atoms with Gasteiger partial charge in [0.2, 0.25) is 0 Å². The largest absolute Gasteiger partial charge is 0.493 e. The molecule has 3 nitrogen and oxygen atoms in total. The van der Waals surface area contributed by atoms with Crippen LogP contribution in [0, 0.1) is 0 Å². The van der Waals surface area contributed by atoms with Gasteiger partial charge < -0.3 is 15.4 Å². The molecular weight excluding hydrogens is 248 g/mol. The average Bonchev–Trinajstić information content (AvgIpc) is 2.96. The molecule has 0 fully saturated rings. The molecule has 0 radical (unpaired) electrons. The highest BCUT2D eigenvalue weighted by atomic mass is 16.5. The van der Waals surface area contributed by atoms with E-state index in [0.29, 0.717) is 0 Å². The zero-order valence-electron chi connectivity index (χ0n) is 11.9. The average molecular weight is 268 g/mol. The summed E-state index contributed by atoms with van der Waals surface area (Å²) in [5.74, 6) is 1.04. The number of hydrogen-bond donors (Lipinski definition) is 2. The summed E-state index contributed by atoms with van der Waals surface area (Å²) in [6, 6.07) is 15.3. The first-order chi connectivity index (χ1) is 9.81. The van der Waals surface area contributed by atoms with Gasteiger partial charge in [-0.1, -0.05) is 24.3 Å². The van der Waals surface area contributed by atoms with Gasteiger partial charge in [0.25, 0.3) is 0 Å². The molecule has 20 heavy (non-hydrogen) atoms. The summed E-state index contributed by atoms with van der Waals surface area (Å²) in [6.07, 6.45) is 1.01. The maximum absolute atomic E-state index is 5.57. The molecule has 1 aliphatic rings. The van der Waals surface area contributed by atoms with Gasteiger partial charge in [-0.15, -0.1) is 0 Å². The topological polar surface area (TPSA) is 33.3 Å². The van der Waals surface area contributed by atoms with E-state index in [2.05, 4.69) is 53.1 Å². The van der Waals surface area contributed by atoms with Gasteiger partial charge in [-0.2, -0.15) is 0 Å². The first-order valence-electron chi connectivity index (χ1n) is 7.02. The molecule has 3 rings (SSSR count). The smallest absolute Gasteiger partial charge is 0.122 e. The van der Waals surface area contributed by atoms with Crippen LogP contribution in [-0.4, -0.2) is 20.7 Å². The number of nitrogens with one attached hydrogen (secondary N) is 2. The minimum absolute atomic E-state index is 0.215. The molecule has 0 spiro atoms. The van der Waals surface area contributed by atoms with Gasteiger partial charge in [0.05, 0.1) is 12.6 Å².